The van der Waals surface area contributed by atoms with E-state index in [4.69, 9.17) is 5.41 Å². The van der Waals surface area contributed by atoms with Crippen LogP contribution in [0.3, 0.4) is 0 Å². The number of nitrogens with zero attached hydrogens (tertiary/aromatic N) is 1. The fourth-order valence-corrected chi connectivity index (χ4v) is 1.29. The summed E-state index contributed by atoms with van der Waals surface area (Å²) in [5, 5.41) is 11.7. The van der Waals surface area contributed by atoms with Gasteiger partial charge in [-0.1, -0.05) is 0 Å². The lowest BCUT2D eigenvalue weighted by Crippen LogP contribution is -2.43. The summed E-state index contributed by atoms with van der Waals surface area (Å²) >= 11 is 0. The second-order valence-electron chi connectivity index (χ2n) is 3.35. The van der Waals surface area contributed by atoms with Gasteiger partial charge in [-0.05, 0) is 13.0 Å². The lowest BCUT2D eigenvalue weighted by atomic mass is 10.2. The molecule has 0 aromatic heterocycles. The van der Waals surface area contributed by atoms with Crippen molar-refractivity contribution in [3.8, 4) is 0 Å². The first-order valence-corrected chi connectivity index (χ1v) is 4.69. The Morgan fingerprint density at radius 3 is 2.59 bits per heavy atom. The standard InChI is InChI=1S/C8H10F4N4O/c9-4-1-2-14-6(4)7(17)16-15-5(3-13)8(10,11)12/h3-4,6,13-14H,1-2H2,(H,16,17)/b13-3?,15-5+/t4-,6-/m0/s1. The number of hydrazone groups is 1. The van der Waals surface area contributed by atoms with E-state index in [-0.39, 0.29) is 19.2 Å². The maximum absolute atomic E-state index is 13.0. The minimum Gasteiger partial charge on any atom is -0.306 e. The van der Waals surface area contributed by atoms with E-state index in [2.05, 4.69) is 10.4 Å². The Morgan fingerprint density at radius 1 is 1.53 bits per heavy atom. The zero-order chi connectivity index (χ0) is 13.1. The number of hydrogen-bond donors (Lipinski definition) is 3. The van der Waals surface area contributed by atoms with E-state index >= 15 is 0 Å². The summed E-state index contributed by atoms with van der Waals surface area (Å²) in [6.07, 6.45) is -6.18. The van der Waals surface area contributed by atoms with Crippen LogP contribution in [0.5, 0.6) is 0 Å². The van der Waals surface area contributed by atoms with Crippen LogP contribution in [0.2, 0.25) is 0 Å². The molecule has 1 heterocycles. The molecule has 2 atom stereocenters. The van der Waals surface area contributed by atoms with Crippen LogP contribution in [0.25, 0.3) is 0 Å². The third kappa shape index (κ3) is 3.48. The zero-order valence-corrected chi connectivity index (χ0v) is 8.51. The lowest BCUT2D eigenvalue weighted by molar-refractivity contribution is -0.123. The predicted octanol–water partition coefficient (Wildman–Crippen LogP) is 0.370. The van der Waals surface area contributed by atoms with Crippen molar-refractivity contribution in [1.82, 2.24) is 10.7 Å². The van der Waals surface area contributed by atoms with Crippen molar-refractivity contribution in [1.29, 1.82) is 5.41 Å². The van der Waals surface area contributed by atoms with E-state index < -0.39 is 30.0 Å². The van der Waals surface area contributed by atoms with Crippen LogP contribution < -0.4 is 10.7 Å². The van der Waals surface area contributed by atoms with Crippen molar-refractivity contribution in [2.45, 2.75) is 24.8 Å². The number of rotatable bonds is 3. The molecular weight excluding hydrogens is 244 g/mol. The Kier molecular flexibility index (Phi) is 4.16. The van der Waals surface area contributed by atoms with Gasteiger partial charge in [0.15, 0.2) is 5.71 Å². The van der Waals surface area contributed by atoms with Crippen molar-refractivity contribution in [2.75, 3.05) is 6.54 Å². The molecule has 17 heavy (non-hydrogen) atoms. The highest BCUT2D eigenvalue weighted by atomic mass is 19.4. The summed E-state index contributed by atoms with van der Waals surface area (Å²) < 4.78 is 49.3. The molecule has 1 fully saturated rings. The molecule has 0 unspecified atom stereocenters. The molecule has 0 aliphatic carbocycles. The van der Waals surface area contributed by atoms with Gasteiger partial charge in [0.2, 0.25) is 0 Å². The fourth-order valence-electron chi connectivity index (χ4n) is 1.29. The van der Waals surface area contributed by atoms with Gasteiger partial charge in [-0.3, -0.25) is 4.79 Å². The molecule has 1 amide bonds. The van der Waals surface area contributed by atoms with Crippen molar-refractivity contribution < 1.29 is 22.4 Å². The number of nitrogens with one attached hydrogen (secondary N) is 3. The normalized spacial score (nSPS) is 25.8. The van der Waals surface area contributed by atoms with Gasteiger partial charge in [0, 0.05) is 0 Å². The van der Waals surface area contributed by atoms with Gasteiger partial charge < -0.3 is 10.7 Å². The van der Waals surface area contributed by atoms with Gasteiger partial charge in [0.1, 0.15) is 12.2 Å². The molecule has 9 heteroatoms. The van der Waals surface area contributed by atoms with Gasteiger partial charge in [-0.25, -0.2) is 9.82 Å². The molecule has 0 spiro atoms. The van der Waals surface area contributed by atoms with Crippen LogP contribution in [0.4, 0.5) is 17.6 Å². The van der Waals surface area contributed by atoms with E-state index in [1.54, 1.807) is 5.43 Å². The first-order valence-electron chi connectivity index (χ1n) is 4.69. The highest BCUT2D eigenvalue weighted by molar-refractivity contribution is 6.32. The molecule has 1 aliphatic heterocycles. The zero-order valence-electron chi connectivity index (χ0n) is 8.51. The van der Waals surface area contributed by atoms with Crippen LogP contribution >= 0.6 is 0 Å². The minimum absolute atomic E-state index is 0.0325. The van der Waals surface area contributed by atoms with Gasteiger partial charge in [-0.2, -0.15) is 18.3 Å². The molecule has 0 radical (unpaired) electrons. The summed E-state index contributed by atoms with van der Waals surface area (Å²) in [5.41, 5.74) is 0.0316. The Bertz CT molecular complexity index is 341. The first kappa shape index (κ1) is 13.6. The third-order valence-corrected chi connectivity index (χ3v) is 2.14. The molecule has 0 aromatic rings. The van der Waals surface area contributed by atoms with Crippen LogP contribution in [0.15, 0.2) is 5.10 Å². The number of halogens is 4. The van der Waals surface area contributed by atoms with Crippen molar-refractivity contribution in [3.05, 3.63) is 0 Å². The maximum atomic E-state index is 13.0. The van der Waals surface area contributed by atoms with Crippen molar-refractivity contribution in [2.24, 2.45) is 5.10 Å². The largest absolute Gasteiger partial charge is 0.436 e. The Balaban J connectivity index is 2.62. The third-order valence-electron chi connectivity index (χ3n) is 2.14. The number of carbonyl (C=O) groups is 1. The highest BCUT2D eigenvalue weighted by Gasteiger charge is 2.36. The van der Waals surface area contributed by atoms with Crippen LogP contribution in [-0.4, -0.2) is 42.8 Å². The molecule has 96 valence electrons. The summed E-state index contributed by atoms with van der Waals surface area (Å²) in [6, 6.07) is -1.20. The van der Waals surface area contributed by atoms with E-state index in [0.717, 1.165) is 0 Å². The van der Waals surface area contributed by atoms with Crippen molar-refractivity contribution in [3.63, 3.8) is 0 Å². The van der Waals surface area contributed by atoms with E-state index in [0.29, 0.717) is 0 Å². The monoisotopic (exact) mass is 254 g/mol. The lowest BCUT2D eigenvalue weighted by Gasteiger charge is -2.11. The van der Waals surface area contributed by atoms with Crippen LogP contribution in [-0.2, 0) is 4.79 Å². The van der Waals surface area contributed by atoms with E-state index in [9.17, 15) is 22.4 Å². The molecule has 0 saturated carbocycles. The molecular formula is C8H10F4N4O. The number of amides is 1. The Labute approximate surface area is 93.8 Å². The van der Waals surface area contributed by atoms with Crippen LogP contribution in [0, 0.1) is 5.41 Å². The molecule has 1 rings (SSSR count). The second-order valence-corrected chi connectivity index (χ2v) is 3.35. The number of alkyl halides is 4. The van der Waals surface area contributed by atoms with Gasteiger partial charge in [0.05, 0.1) is 6.21 Å². The second kappa shape index (κ2) is 5.21. The Hall–Kier alpha value is -1.51. The van der Waals surface area contributed by atoms with Gasteiger partial charge in [-0.15, -0.1) is 0 Å². The SMILES string of the molecule is N=C/C(=N\NC(=O)[C@H]1NCC[C@@H]1F)C(F)(F)F. The highest BCUT2D eigenvalue weighted by Crippen LogP contribution is 2.16. The van der Waals surface area contributed by atoms with Crippen molar-refractivity contribution >= 4 is 17.8 Å². The molecule has 1 saturated heterocycles. The average molecular weight is 254 g/mol. The Morgan fingerprint density at radius 2 is 2.18 bits per heavy atom. The molecule has 1 aliphatic rings. The number of carbonyl (C=O) groups excluding carboxylic acids is 1. The summed E-state index contributed by atoms with van der Waals surface area (Å²) in [5.74, 6) is -0.987. The maximum Gasteiger partial charge on any atom is 0.436 e. The smallest absolute Gasteiger partial charge is 0.306 e. The van der Waals surface area contributed by atoms with E-state index in [1.165, 1.54) is 0 Å². The average Bonchev–Trinajstić information content (AvgIpc) is 2.63. The summed E-state index contributed by atoms with van der Waals surface area (Å²) in [7, 11) is 0. The molecule has 3 N–H and O–H groups in total. The summed E-state index contributed by atoms with van der Waals surface area (Å²) in [4.78, 5) is 11.2. The molecule has 5 nitrogen and oxygen atoms in total. The summed E-state index contributed by atoms with van der Waals surface area (Å²) in [6.45, 7) is 0.277. The quantitative estimate of drug-likeness (QED) is 0.386. The van der Waals surface area contributed by atoms with Crippen LogP contribution in [0.1, 0.15) is 6.42 Å². The molecule has 0 aromatic carbocycles. The predicted molar refractivity (Wildman–Crippen MR) is 51.7 cm³/mol. The fraction of sp³-hybridized carbons (Fsp3) is 0.625. The van der Waals surface area contributed by atoms with Gasteiger partial charge >= 0.3 is 6.18 Å². The topological polar surface area (TPSA) is 77.3 Å². The minimum atomic E-state index is -4.83. The first-order chi connectivity index (χ1) is 7.86. The van der Waals surface area contributed by atoms with E-state index in [1.807, 2.05) is 0 Å². The van der Waals surface area contributed by atoms with Gasteiger partial charge in [0.25, 0.3) is 5.91 Å². The number of hydrogen-bond acceptors (Lipinski definition) is 4. The molecule has 0 bridgehead atoms.